The quantitative estimate of drug-likeness (QED) is 0.151. The van der Waals surface area contributed by atoms with Crippen molar-refractivity contribution in [2.75, 3.05) is 41.5 Å². The number of aliphatic hydroxyl groups excluding tert-OH is 1. The third-order valence-electron chi connectivity index (χ3n) is 10.8. The van der Waals surface area contributed by atoms with Crippen molar-refractivity contribution in [1.82, 2.24) is 10.2 Å². The number of aliphatic hydroxyl groups is 2. The first-order valence-corrected chi connectivity index (χ1v) is 18.6. The van der Waals surface area contributed by atoms with E-state index < -0.39 is 17.6 Å². The fraction of sp³-hybridized carbons (Fsp3) is 0.974. The van der Waals surface area contributed by atoms with E-state index in [-0.39, 0.29) is 54.0 Å². The highest BCUT2D eigenvalue weighted by Crippen LogP contribution is 2.32. The molecule has 2 rings (SSSR count). The van der Waals surface area contributed by atoms with E-state index in [1.807, 2.05) is 20.8 Å². The van der Waals surface area contributed by atoms with E-state index in [0.29, 0.717) is 18.6 Å². The molecule has 2 aliphatic rings. The van der Waals surface area contributed by atoms with Crippen LogP contribution in [0.1, 0.15) is 114 Å². The number of hydrogen-bond donors (Lipinski definition) is 3. The molecule has 14 atom stereocenters. The Morgan fingerprint density at radius 1 is 1.10 bits per heavy atom. The Hall–Kier alpha value is -0.690. The van der Waals surface area contributed by atoms with Crippen LogP contribution in [0.3, 0.4) is 0 Å². The van der Waals surface area contributed by atoms with Crippen LogP contribution in [0.5, 0.6) is 0 Å². The molecule has 0 aliphatic carbocycles. The summed E-state index contributed by atoms with van der Waals surface area (Å²) in [6.45, 7) is 22.0. The van der Waals surface area contributed by atoms with Crippen LogP contribution in [0.4, 0.5) is 0 Å². The van der Waals surface area contributed by atoms with E-state index in [9.17, 15) is 15.0 Å². The van der Waals surface area contributed by atoms with Gasteiger partial charge >= 0.3 is 0 Å². The third-order valence-corrected chi connectivity index (χ3v) is 10.8. The van der Waals surface area contributed by atoms with Gasteiger partial charge in [-0.25, -0.2) is 0 Å². The molecular weight excluding hydrogens is 612 g/mol. The SMILES string of the molecule is CCC(OC)[C@@](C)(O)CC(C)CNC(C)CC(C)[C@H](OC1CC(N(C)C)CC(C)O1)C(C)C(O)C(C)C=O.CO[C@]1(C)CCOC(C)C1. The second-order valence-corrected chi connectivity index (χ2v) is 16.0. The zero-order valence-electron chi connectivity index (χ0n) is 33.2. The minimum atomic E-state index is -0.873. The summed E-state index contributed by atoms with van der Waals surface area (Å²) in [5.41, 5.74) is -0.805. The van der Waals surface area contributed by atoms with Gasteiger partial charge < -0.3 is 48.9 Å². The minimum absolute atomic E-state index is 0.0671. The topological polar surface area (TPSA) is 119 Å². The van der Waals surface area contributed by atoms with Crippen molar-refractivity contribution in [3.05, 3.63) is 0 Å². The molecule has 0 aromatic carbocycles. The first kappa shape index (κ1) is 45.3. The van der Waals surface area contributed by atoms with Crippen molar-refractivity contribution in [3.63, 3.8) is 0 Å². The third kappa shape index (κ3) is 15.3. The van der Waals surface area contributed by atoms with Crippen LogP contribution in [0.15, 0.2) is 0 Å². The fourth-order valence-corrected chi connectivity index (χ4v) is 7.66. The van der Waals surface area contributed by atoms with Crippen molar-refractivity contribution in [2.24, 2.45) is 23.7 Å². The van der Waals surface area contributed by atoms with Gasteiger partial charge in [0.05, 0.1) is 41.7 Å². The van der Waals surface area contributed by atoms with Crippen LogP contribution in [0.2, 0.25) is 0 Å². The average Bonchev–Trinajstić information content (AvgIpc) is 3.01. The first-order chi connectivity index (χ1) is 22.3. The first-order valence-electron chi connectivity index (χ1n) is 18.6. The van der Waals surface area contributed by atoms with Gasteiger partial charge in [-0.15, -0.1) is 0 Å². The number of hydrogen-bond acceptors (Lipinski definition) is 10. The molecule has 286 valence electrons. The largest absolute Gasteiger partial charge is 0.392 e. The summed E-state index contributed by atoms with van der Waals surface area (Å²) in [4.78, 5) is 13.7. The molecule has 10 nitrogen and oxygen atoms in total. The van der Waals surface area contributed by atoms with Crippen molar-refractivity contribution < 1.29 is 38.7 Å². The van der Waals surface area contributed by atoms with E-state index in [1.165, 1.54) is 0 Å². The molecule has 2 saturated heterocycles. The second-order valence-electron chi connectivity index (χ2n) is 16.0. The van der Waals surface area contributed by atoms with Crippen LogP contribution in [0.25, 0.3) is 0 Å². The Labute approximate surface area is 294 Å². The minimum Gasteiger partial charge on any atom is -0.392 e. The molecule has 0 amide bonds. The standard InChI is InChI=1S/C30H60N2O6.C8H16O2/c1-12-26(36-11)30(8,35)16-19(2)17-31-22(5)13-20(3)29(24(7)28(34)21(4)18-33)38-27-15-25(32(9)10)14-23(6)37-27;1-7-6-8(2,9-3)4-5-10-7/h18-29,31,34-35H,12-17H2,1-11H3;7H,4-6H2,1-3H3/t19?,20?,21?,22?,23?,24?,25?,26?,27?,28?,29-,30-;7?,8-/m01/s1. The van der Waals surface area contributed by atoms with Gasteiger partial charge in [-0.05, 0) is 99.2 Å². The summed E-state index contributed by atoms with van der Waals surface area (Å²) in [5.74, 6) is -0.304. The number of carbonyl (C=O) groups is 1. The van der Waals surface area contributed by atoms with Gasteiger partial charge in [-0.3, -0.25) is 0 Å². The summed E-state index contributed by atoms with van der Waals surface area (Å²) in [7, 11) is 7.60. The molecule has 48 heavy (non-hydrogen) atoms. The van der Waals surface area contributed by atoms with E-state index in [2.05, 4.69) is 65.9 Å². The van der Waals surface area contributed by atoms with Gasteiger partial charge in [-0.2, -0.15) is 0 Å². The molecule has 0 saturated carbocycles. The van der Waals surface area contributed by atoms with Gasteiger partial charge in [0.15, 0.2) is 6.29 Å². The van der Waals surface area contributed by atoms with Crippen LogP contribution < -0.4 is 5.32 Å². The highest BCUT2D eigenvalue weighted by atomic mass is 16.7. The van der Waals surface area contributed by atoms with Gasteiger partial charge in [0, 0.05) is 57.6 Å². The number of rotatable bonds is 19. The van der Waals surface area contributed by atoms with E-state index in [0.717, 1.165) is 58.0 Å². The molecule has 0 aromatic rings. The summed E-state index contributed by atoms with van der Waals surface area (Å²) in [6.07, 6.45) is 5.72. The van der Waals surface area contributed by atoms with Gasteiger partial charge in [0.1, 0.15) is 6.29 Å². The summed E-state index contributed by atoms with van der Waals surface area (Å²) < 4.78 is 29.1. The normalized spacial score (nSPS) is 31.3. The number of ether oxygens (including phenoxy) is 5. The molecule has 0 radical (unpaired) electrons. The number of carbonyl (C=O) groups excluding carboxylic acids is 1. The Balaban J connectivity index is 0.000000975. The highest BCUT2D eigenvalue weighted by molar-refractivity contribution is 5.53. The molecule has 3 N–H and O–H groups in total. The van der Waals surface area contributed by atoms with Gasteiger partial charge in [0.2, 0.25) is 0 Å². The predicted molar refractivity (Wildman–Crippen MR) is 193 cm³/mol. The van der Waals surface area contributed by atoms with Gasteiger partial charge in [-0.1, -0.05) is 34.6 Å². The molecule has 0 bridgehead atoms. The monoisotopic (exact) mass is 689 g/mol. The van der Waals surface area contributed by atoms with E-state index in [4.69, 9.17) is 23.7 Å². The van der Waals surface area contributed by atoms with Crippen molar-refractivity contribution in [3.8, 4) is 0 Å². The summed E-state index contributed by atoms with van der Waals surface area (Å²) >= 11 is 0. The number of nitrogens with one attached hydrogen (secondary N) is 1. The van der Waals surface area contributed by atoms with Crippen molar-refractivity contribution in [1.29, 1.82) is 0 Å². The molecule has 2 heterocycles. The lowest BCUT2D eigenvalue weighted by atomic mass is 9.82. The van der Waals surface area contributed by atoms with Gasteiger partial charge in [0.25, 0.3) is 0 Å². The maximum atomic E-state index is 11.4. The van der Waals surface area contributed by atoms with Crippen LogP contribution in [0, 0.1) is 23.7 Å². The molecule has 0 aromatic heterocycles. The Bertz CT molecular complexity index is 874. The number of methoxy groups -OCH3 is 2. The maximum absolute atomic E-state index is 11.4. The fourth-order valence-electron chi connectivity index (χ4n) is 7.66. The summed E-state index contributed by atoms with van der Waals surface area (Å²) in [6, 6.07) is 0.583. The Morgan fingerprint density at radius 3 is 2.25 bits per heavy atom. The molecule has 2 fully saturated rings. The molecular formula is C38H76N2O8. The predicted octanol–water partition coefficient (Wildman–Crippen LogP) is 5.46. The highest BCUT2D eigenvalue weighted by Gasteiger charge is 2.38. The van der Waals surface area contributed by atoms with Crippen molar-refractivity contribution >= 4 is 6.29 Å². The number of nitrogens with zero attached hydrogens (tertiary/aromatic N) is 1. The van der Waals surface area contributed by atoms with Crippen LogP contribution in [-0.2, 0) is 28.5 Å². The number of aldehydes is 1. The maximum Gasteiger partial charge on any atom is 0.159 e. The molecule has 2 aliphatic heterocycles. The second kappa shape index (κ2) is 21.6. The zero-order chi connectivity index (χ0) is 36.8. The van der Waals surface area contributed by atoms with Crippen LogP contribution in [-0.4, -0.2) is 123 Å². The lowest BCUT2D eigenvalue weighted by molar-refractivity contribution is -0.243. The molecule has 11 unspecified atom stereocenters. The van der Waals surface area contributed by atoms with E-state index >= 15 is 0 Å². The van der Waals surface area contributed by atoms with E-state index in [1.54, 1.807) is 21.1 Å². The lowest BCUT2D eigenvalue weighted by Gasteiger charge is -2.42. The molecule has 0 spiro atoms. The van der Waals surface area contributed by atoms with Crippen LogP contribution >= 0.6 is 0 Å². The lowest BCUT2D eigenvalue weighted by Crippen LogP contribution is -2.48. The molecule has 10 heteroatoms. The average molecular weight is 689 g/mol. The Kier molecular flexibility index (Phi) is 20.4. The smallest absolute Gasteiger partial charge is 0.159 e. The summed E-state index contributed by atoms with van der Waals surface area (Å²) in [5, 5.41) is 25.5. The van der Waals surface area contributed by atoms with Crippen molar-refractivity contribution in [2.45, 2.75) is 174 Å². The zero-order valence-corrected chi connectivity index (χ0v) is 33.2. The Morgan fingerprint density at radius 2 is 1.75 bits per heavy atom.